The number of sulfone groups is 1. The average molecular weight is 371 g/mol. The molecule has 1 aromatic rings. The van der Waals surface area contributed by atoms with Crippen molar-refractivity contribution in [3.05, 3.63) is 24.3 Å². The summed E-state index contributed by atoms with van der Waals surface area (Å²) in [4.78, 5) is 2.04. The summed E-state index contributed by atoms with van der Waals surface area (Å²) in [5, 5.41) is 3.82. The van der Waals surface area contributed by atoms with Gasteiger partial charge < -0.3 is 15.0 Å². The van der Waals surface area contributed by atoms with Crippen molar-refractivity contribution in [2.24, 2.45) is 0 Å². The van der Waals surface area contributed by atoms with Gasteiger partial charge >= 0.3 is 0 Å². The van der Waals surface area contributed by atoms with E-state index in [1.54, 1.807) is 0 Å². The zero-order valence-corrected chi connectivity index (χ0v) is 16.0. The lowest BCUT2D eigenvalue weighted by molar-refractivity contribution is 0.333. The van der Waals surface area contributed by atoms with Crippen LogP contribution in [0.5, 0.6) is 5.75 Å². The number of hydrogen-bond donors (Lipinski definition) is 1. The van der Waals surface area contributed by atoms with E-state index >= 15 is 0 Å². The van der Waals surface area contributed by atoms with Crippen LogP contribution in [0.15, 0.2) is 24.3 Å². The monoisotopic (exact) mass is 370 g/mol. The summed E-state index contributed by atoms with van der Waals surface area (Å²) in [5.41, 5.74) is 0.880. The molecule has 1 N–H and O–H groups in total. The zero-order valence-electron chi connectivity index (χ0n) is 14.3. The average Bonchev–Trinajstić information content (AvgIpc) is 2.90. The minimum atomic E-state index is -2.93. The van der Waals surface area contributed by atoms with E-state index in [0.29, 0.717) is 18.1 Å². The molecule has 0 aromatic heterocycles. The number of nitrogens with zero attached hydrogens (tertiary/aromatic N) is 1. The number of anilines is 1. The highest BCUT2D eigenvalue weighted by molar-refractivity contribution is 7.91. The van der Waals surface area contributed by atoms with Crippen LogP contribution in [-0.2, 0) is 9.84 Å². The van der Waals surface area contributed by atoms with E-state index < -0.39 is 9.84 Å². The maximum Gasteiger partial charge on any atom is 0.173 e. The van der Waals surface area contributed by atoms with Gasteiger partial charge in [-0.2, -0.15) is 0 Å². The van der Waals surface area contributed by atoms with Gasteiger partial charge in [0.2, 0.25) is 0 Å². The van der Waals surface area contributed by atoms with Gasteiger partial charge in [0, 0.05) is 18.3 Å². The van der Waals surface area contributed by atoms with Crippen LogP contribution in [0.3, 0.4) is 0 Å². The van der Waals surface area contributed by atoms with Crippen LogP contribution >= 0.6 is 12.2 Å². The van der Waals surface area contributed by atoms with Crippen molar-refractivity contribution in [1.29, 1.82) is 0 Å². The summed E-state index contributed by atoms with van der Waals surface area (Å²) < 4.78 is 29.0. The van der Waals surface area contributed by atoms with Crippen LogP contribution in [0.1, 0.15) is 33.1 Å². The van der Waals surface area contributed by atoms with E-state index in [-0.39, 0.29) is 17.5 Å². The Balaban J connectivity index is 2.04. The summed E-state index contributed by atoms with van der Waals surface area (Å²) in [7, 11) is -2.93. The predicted molar refractivity (Wildman–Crippen MR) is 103 cm³/mol. The Labute approximate surface area is 150 Å². The Hall–Kier alpha value is -1.34. The highest BCUT2D eigenvalue weighted by Crippen LogP contribution is 2.21. The Morgan fingerprint density at radius 3 is 2.58 bits per heavy atom. The molecule has 0 unspecified atom stereocenters. The van der Waals surface area contributed by atoms with Crippen molar-refractivity contribution >= 4 is 32.9 Å². The molecule has 0 bridgehead atoms. The van der Waals surface area contributed by atoms with Crippen molar-refractivity contribution in [2.45, 2.75) is 39.2 Å². The SMILES string of the molecule is CCCCN(C(=S)Nc1ccc(OCC)cc1)[C@H]1CCS(=O)(=O)C1. The number of nitrogens with one attached hydrogen (secondary N) is 1. The molecule has 0 aliphatic carbocycles. The van der Waals surface area contributed by atoms with E-state index in [9.17, 15) is 8.42 Å². The molecule has 1 aliphatic rings. The van der Waals surface area contributed by atoms with Crippen molar-refractivity contribution < 1.29 is 13.2 Å². The smallest absolute Gasteiger partial charge is 0.173 e. The topological polar surface area (TPSA) is 58.6 Å². The maximum absolute atomic E-state index is 11.8. The molecule has 1 aromatic carbocycles. The van der Waals surface area contributed by atoms with Crippen molar-refractivity contribution in [2.75, 3.05) is 30.0 Å². The molecular formula is C17H26N2O3S2. The van der Waals surface area contributed by atoms with Crippen LogP contribution in [0.25, 0.3) is 0 Å². The van der Waals surface area contributed by atoms with Gasteiger partial charge in [0.25, 0.3) is 0 Å². The first-order chi connectivity index (χ1) is 11.4. The molecule has 1 aliphatic heterocycles. The summed E-state index contributed by atoms with van der Waals surface area (Å²) in [6.07, 6.45) is 2.68. The van der Waals surface area contributed by atoms with Gasteiger partial charge in [-0.1, -0.05) is 13.3 Å². The van der Waals surface area contributed by atoms with Crippen molar-refractivity contribution in [3.63, 3.8) is 0 Å². The molecule has 1 saturated heterocycles. The van der Waals surface area contributed by atoms with Crippen molar-refractivity contribution in [3.8, 4) is 5.75 Å². The van der Waals surface area contributed by atoms with Crippen molar-refractivity contribution in [1.82, 2.24) is 4.90 Å². The summed E-state index contributed by atoms with van der Waals surface area (Å²) in [6.45, 7) is 5.47. The van der Waals surface area contributed by atoms with E-state index in [1.165, 1.54) is 0 Å². The zero-order chi connectivity index (χ0) is 17.6. The normalized spacial score (nSPS) is 19.0. The quantitative estimate of drug-likeness (QED) is 0.745. The fraction of sp³-hybridized carbons (Fsp3) is 0.588. The third kappa shape index (κ3) is 5.34. The molecule has 1 heterocycles. The molecule has 0 amide bonds. The summed E-state index contributed by atoms with van der Waals surface area (Å²) in [5.74, 6) is 1.27. The Morgan fingerprint density at radius 2 is 2.04 bits per heavy atom. The lowest BCUT2D eigenvalue weighted by Gasteiger charge is -2.31. The molecule has 5 nitrogen and oxygen atoms in total. The van der Waals surface area contributed by atoms with Crippen LogP contribution in [0.2, 0.25) is 0 Å². The minimum Gasteiger partial charge on any atom is -0.494 e. The standard InChI is InChI=1S/C17H26N2O3S2/c1-3-5-11-19(15-10-12-24(20,21)13-15)17(23)18-14-6-8-16(9-7-14)22-4-2/h6-9,15H,3-5,10-13H2,1-2H3,(H,18,23)/t15-/m0/s1. The second kappa shape index (κ2) is 8.67. The number of unbranched alkanes of at least 4 members (excludes halogenated alkanes) is 1. The molecular weight excluding hydrogens is 344 g/mol. The number of rotatable bonds is 7. The third-order valence-corrected chi connectivity index (χ3v) is 6.17. The summed E-state index contributed by atoms with van der Waals surface area (Å²) in [6, 6.07) is 7.60. The molecule has 7 heteroatoms. The number of benzene rings is 1. The molecule has 0 saturated carbocycles. The fourth-order valence-electron chi connectivity index (χ4n) is 2.80. The van der Waals surface area contributed by atoms with Gasteiger partial charge in [-0.3, -0.25) is 0 Å². The molecule has 2 rings (SSSR count). The molecule has 134 valence electrons. The van der Waals surface area contributed by atoms with Crippen LogP contribution in [0, 0.1) is 0 Å². The number of ether oxygens (including phenoxy) is 1. The predicted octanol–water partition coefficient (Wildman–Crippen LogP) is 3.07. The Bertz CT molecular complexity index is 644. The van der Waals surface area contributed by atoms with Gasteiger partial charge in [-0.15, -0.1) is 0 Å². The first kappa shape index (κ1) is 19.0. The lowest BCUT2D eigenvalue weighted by Crippen LogP contribution is -2.44. The Morgan fingerprint density at radius 1 is 1.33 bits per heavy atom. The molecule has 24 heavy (non-hydrogen) atoms. The lowest BCUT2D eigenvalue weighted by atomic mass is 10.2. The highest BCUT2D eigenvalue weighted by Gasteiger charge is 2.33. The van der Waals surface area contributed by atoms with Crippen LogP contribution < -0.4 is 10.1 Å². The van der Waals surface area contributed by atoms with Crippen LogP contribution in [-0.4, -0.2) is 49.1 Å². The van der Waals surface area contributed by atoms with E-state index in [0.717, 1.165) is 30.8 Å². The minimum absolute atomic E-state index is 0.0238. The molecule has 1 fully saturated rings. The van der Waals surface area contributed by atoms with Gasteiger partial charge in [0.1, 0.15) is 5.75 Å². The maximum atomic E-state index is 11.8. The molecule has 0 spiro atoms. The highest BCUT2D eigenvalue weighted by atomic mass is 32.2. The van der Waals surface area contributed by atoms with Gasteiger partial charge in [0.05, 0.1) is 18.1 Å². The van der Waals surface area contributed by atoms with E-state index in [1.807, 2.05) is 36.1 Å². The van der Waals surface area contributed by atoms with E-state index in [4.69, 9.17) is 17.0 Å². The molecule has 0 radical (unpaired) electrons. The first-order valence-electron chi connectivity index (χ1n) is 8.46. The van der Waals surface area contributed by atoms with E-state index in [2.05, 4.69) is 12.2 Å². The second-order valence-corrected chi connectivity index (χ2v) is 8.61. The molecule has 1 atom stereocenters. The van der Waals surface area contributed by atoms with Gasteiger partial charge in [0.15, 0.2) is 14.9 Å². The Kier molecular flexibility index (Phi) is 6.86. The second-order valence-electron chi connectivity index (χ2n) is 5.99. The van der Waals surface area contributed by atoms with Gasteiger partial charge in [-0.25, -0.2) is 8.42 Å². The van der Waals surface area contributed by atoms with Crippen LogP contribution in [0.4, 0.5) is 5.69 Å². The third-order valence-electron chi connectivity index (χ3n) is 4.08. The first-order valence-corrected chi connectivity index (χ1v) is 10.7. The summed E-state index contributed by atoms with van der Waals surface area (Å²) >= 11 is 5.56. The fourth-order valence-corrected chi connectivity index (χ4v) is 4.88. The number of thiocarbonyl (C=S) groups is 1. The number of hydrogen-bond acceptors (Lipinski definition) is 4. The largest absolute Gasteiger partial charge is 0.494 e. The van der Waals surface area contributed by atoms with Gasteiger partial charge in [-0.05, 0) is 56.2 Å².